The summed E-state index contributed by atoms with van der Waals surface area (Å²) >= 11 is 3.47. The van der Waals surface area contributed by atoms with Crippen LogP contribution in [-0.4, -0.2) is 23.4 Å². The van der Waals surface area contributed by atoms with Crippen molar-refractivity contribution in [3.8, 4) is 0 Å². The lowest BCUT2D eigenvalue weighted by Crippen LogP contribution is -2.41. The summed E-state index contributed by atoms with van der Waals surface area (Å²) in [6, 6.07) is 7.93. The highest BCUT2D eigenvalue weighted by atomic mass is 79.9. The molecule has 0 aliphatic carbocycles. The fourth-order valence-corrected chi connectivity index (χ4v) is 2.77. The molecule has 0 aromatic heterocycles. The zero-order chi connectivity index (χ0) is 12.4. The number of nitrogens with zero attached hydrogens (tertiary/aromatic N) is 1. The Hall–Kier alpha value is -0.580. The van der Waals surface area contributed by atoms with Gasteiger partial charge in [-0.3, -0.25) is 4.79 Å². The molecule has 0 spiro atoms. The lowest BCUT2D eigenvalue weighted by molar-refractivity contribution is -0.133. The lowest BCUT2D eigenvalue weighted by atomic mass is 10.0. The van der Waals surface area contributed by atoms with Crippen LogP contribution in [0.25, 0.3) is 0 Å². The van der Waals surface area contributed by atoms with E-state index in [1.807, 2.05) is 17.0 Å². The Balaban J connectivity index is 0.00000162. The van der Waals surface area contributed by atoms with Gasteiger partial charge in [-0.1, -0.05) is 28.1 Å². The number of benzene rings is 1. The molecule has 0 bridgehead atoms. The number of carbonyl (C=O) groups excluding carboxylic acids is 1. The van der Waals surface area contributed by atoms with E-state index in [-0.39, 0.29) is 24.4 Å². The van der Waals surface area contributed by atoms with Crippen molar-refractivity contribution in [1.82, 2.24) is 4.90 Å². The largest absolute Gasteiger partial charge is 0.334 e. The molecule has 1 fully saturated rings. The molecule has 2 atom stereocenters. The second-order valence-corrected chi connectivity index (χ2v) is 5.45. The Morgan fingerprint density at radius 2 is 2.28 bits per heavy atom. The fraction of sp³-hybridized carbons (Fsp3) is 0.462. The van der Waals surface area contributed by atoms with Crippen molar-refractivity contribution in [3.05, 3.63) is 34.3 Å². The molecule has 1 amide bonds. The maximum Gasteiger partial charge on any atom is 0.239 e. The number of likely N-dealkylation sites (tertiary alicyclic amines) is 1. The first-order valence-electron chi connectivity index (χ1n) is 5.91. The van der Waals surface area contributed by atoms with Crippen LogP contribution in [0.2, 0.25) is 0 Å². The molecule has 1 aliphatic heterocycles. The summed E-state index contributed by atoms with van der Waals surface area (Å²) in [4.78, 5) is 13.9. The molecule has 2 N–H and O–H groups in total. The molecule has 2 rings (SSSR count). The summed E-state index contributed by atoms with van der Waals surface area (Å²) in [6.07, 6.45) is 2.07. The number of hydrogen-bond acceptors (Lipinski definition) is 2. The van der Waals surface area contributed by atoms with E-state index in [0.29, 0.717) is 0 Å². The van der Waals surface area contributed by atoms with Crippen LogP contribution in [0.4, 0.5) is 0 Å². The Morgan fingerprint density at radius 3 is 2.89 bits per heavy atom. The van der Waals surface area contributed by atoms with Crippen LogP contribution < -0.4 is 5.73 Å². The van der Waals surface area contributed by atoms with Gasteiger partial charge in [0.25, 0.3) is 0 Å². The second-order valence-electron chi connectivity index (χ2n) is 4.53. The number of nitrogens with two attached hydrogens (primary N) is 1. The third-order valence-corrected chi connectivity index (χ3v) is 3.65. The van der Waals surface area contributed by atoms with E-state index in [0.717, 1.165) is 23.9 Å². The first-order chi connectivity index (χ1) is 8.09. The molecule has 0 radical (unpaired) electrons. The van der Waals surface area contributed by atoms with Gasteiger partial charge in [0.2, 0.25) is 5.91 Å². The van der Waals surface area contributed by atoms with Gasteiger partial charge >= 0.3 is 0 Å². The van der Waals surface area contributed by atoms with Gasteiger partial charge in [0.05, 0.1) is 12.1 Å². The number of amides is 1. The molecule has 5 heteroatoms. The quantitative estimate of drug-likeness (QED) is 0.904. The van der Waals surface area contributed by atoms with E-state index < -0.39 is 6.04 Å². The third kappa shape index (κ3) is 3.25. The van der Waals surface area contributed by atoms with Crippen LogP contribution in [-0.2, 0) is 4.79 Å². The molecule has 1 aliphatic rings. The minimum Gasteiger partial charge on any atom is -0.334 e. The van der Waals surface area contributed by atoms with Gasteiger partial charge in [-0.25, -0.2) is 0 Å². The normalized spacial score (nSPS) is 20.4. The Morgan fingerprint density at radius 1 is 1.56 bits per heavy atom. The van der Waals surface area contributed by atoms with E-state index in [2.05, 4.69) is 28.1 Å². The maximum atomic E-state index is 12.0. The van der Waals surface area contributed by atoms with Crippen LogP contribution >= 0.6 is 28.3 Å². The average molecular weight is 334 g/mol. The lowest BCUT2D eigenvalue weighted by Gasteiger charge is -2.26. The molecule has 18 heavy (non-hydrogen) atoms. The first kappa shape index (κ1) is 15.5. The molecule has 1 heterocycles. The number of hydrogen-bond donors (Lipinski definition) is 1. The predicted octanol–water partition coefficient (Wildman–Crippen LogP) is 2.88. The highest BCUT2D eigenvalue weighted by Gasteiger charge is 2.31. The van der Waals surface area contributed by atoms with Crippen molar-refractivity contribution in [2.45, 2.75) is 31.8 Å². The van der Waals surface area contributed by atoms with E-state index in [1.165, 1.54) is 5.56 Å². The molecule has 1 saturated heterocycles. The Kier molecular flexibility index (Phi) is 5.63. The third-order valence-electron chi connectivity index (χ3n) is 3.16. The van der Waals surface area contributed by atoms with Crippen LogP contribution in [0.1, 0.15) is 31.4 Å². The van der Waals surface area contributed by atoms with Crippen molar-refractivity contribution in [3.63, 3.8) is 0 Å². The second kappa shape index (κ2) is 6.55. The van der Waals surface area contributed by atoms with E-state index >= 15 is 0 Å². The highest BCUT2D eigenvalue weighted by molar-refractivity contribution is 9.10. The Labute approximate surface area is 122 Å². The average Bonchev–Trinajstić information content (AvgIpc) is 2.76. The summed E-state index contributed by atoms with van der Waals surface area (Å²) in [5.74, 6) is 0.0486. The SMILES string of the molecule is C[C@@H](N)C(=O)N1CCCC1c1cccc(Br)c1.Cl. The van der Waals surface area contributed by atoms with Gasteiger partial charge in [-0.2, -0.15) is 0 Å². The Bertz CT molecular complexity index is 425. The smallest absolute Gasteiger partial charge is 0.239 e. The van der Waals surface area contributed by atoms with Gasteiger partial charge in [-0.15, -0.1) is 12.4 Å². The zero-order valence-electron chi connectivity index (χ0n) is 10.3. The minimum absolute atomic E-state index is 0. The van der Waals surface area contributed by atoms with Gasteiger partial charge in [0, 0.05) is 11.0 Å². The van der Waals surface area contributed by atoms with Gasteiger partial charge < -0.3 is 10.6 Å². The molecule has 0 saturated carbocycles. The summed E-state index contributed by atoms with van der Waals surface area (Å²) in [5.41, 5.74) is 6.87. The summed E-state index contributed by atoms with van der Waals surface area (Å²) in [5, 5.41) is 0. The van der Waals surface area contributed by atoms with Crippen molar-refractivity contribution < 1.29 is 4.79 Å². The molecular weight excluding hydrogens is 316 g/mol. The summed E-state index contributed by atoms with van der Waals surface area (Å²) < 4.78 is 1.05. The number of carbonyl (C=O) groups is 1. The van der Waals surface area contributed by atoms with Crippen molar-refractivity contribution in [2.75, 3.05) is 6.54 Å². The van der Waals surface area contributed by atoms with Crippen LogP contribution in [0, 0.1) is 0 Å². The fourth-order valence-electron chi connectivity index (χ4n) is 2.35. The first-order valence-corrected chi connectivity index (χ1v) is 6.70. The van der Waals surface area contributed by atoms with Gasteiger partial charge in [0.1, 0.15) is 0 Å². The van der Waals surface area contributed by atoms with Crippen LogP contribution in [0.3, 0.4) is 0 Å². The summed E-state index contributed by atoms with van der Waals surface area (Å²) in [7, 11) is 0. The molecule has 1 aromatic rings. The van der Waals surface area contributed by atoms with Gasteiger partial charge in [0.15, 0.2) is 0 Å². The van der Waals surface area contributed by atoms with Crippen LogP contribution in [0.15, 0.2) is 28.7 Å². The predicted molar refractivity (Wildman–Crippen MR) is 78.7 cm³/mol. The van der Waals surface area contributed by atoms with Crippen molar-refractivity contribution in [2.24, 2.45) is 5.73 Å². The number of rotatable bonds is 2. The summed E-state index contributed by atoms with van der Waals surface area (Å²) in [6.45, 7) is 2.57. The van der Waals surface area contributed by atoms with Crippen molar-refractivity contribution >= 4 is 34.2 Å². The number of halogens is 2. The topological polar surface area (TPSA) is 46.3 Å². The molecular formula is C13H18BrClN2O. The van der Waals surface area contributed by atoms with E-state index in [4.69, 9.17) is 5.73 Å². The minimum atomic E-state index is -0.414. The molecule has 1 unspecified atom stereocenters. The monoisotopic (exact) mass is 332 g/mol. The maximum absolute atomic E-state index is 12.0. The highest BCUT2D eigenvalue weighted by Crippen LogP contribution is 2.33. The molecule has 1 aromatic carbocycles. The van der Waals surface area contributed by atoms with Crippen LogP contribution in [0.5, 0.6) is 0 Å². The van der Waals surface area contributed by atoms with Gasteiger partial charge in [-0.05, 0) is 37.5 Å². The van der Waals surface area contributed by atoms with E-state index in [9.17, 15) is 4.79 Å². The van der Waals surface area contributed by atoms with Crippen molar-refractivity contribution in [1.29, 1.82) is 0 Å². The van der Waals surface area contributed by atoms with E-state index in [1.54, 1.807) is 6.92 Å². The standard InChI is InChI=1S/C13H17BrN2O.ClH/c1-9(15)13(17)16-7-3-6-12(16)10-4-2-5-11(14)8-10;/h2,4-5,8-9,12H,3,6-7,15H2,1H3;1H/t9-,12?;/m1./s1. The zero-order valence-corrected chi connectivity index (χ0v) is 12.7. The molecule has 3 nitrogen and oxygen atoms in total. The molecule has 100 valence electrons.